The van der Waals surface area contributed by atoms with Crippen LogP contribution in [0.25, 0.3) is 0 Å². The average molecular weight is 269 g/mol. The van der Waals surface area contributed by atoms with Gasteiger partial charge in [0, 0.05) is 11.3 Å². The minimum absolute atomic E-state index is 0.115. The predicted octanol–water partition coefficient (Wildman–Crippen LogP) is 4.12. The van der Waals surface area contributed by atoms with Crippen molar-refractivity contribution in [1.82, 2.24) is 0 Å². The first-order valence-corrected chi connectivity index (χ1v) is 6.89. The van der Waals surface area contributed by atoms with Crippen LogP contribution in [0.3, 0.4) is 0 Å². The molecular formula is C17H19NO2. The smallest absolute Gasteiger partial charge is 0.255 e. The van der Waals surface area contributed by atoms with Gasteiger partial charge in [0.25, 0.3) is 5.91 Å². The molecule has 2 aromatic rings. The highest BCUT2D eigenvalue weighted by Crippen LogP contribution is 2.14. The van der Waals surface area contributed by atoms with E-state index in [0.29, 0.717) is 12.2 Å². The van der Waals surface area contributed by atoms with E-state index in [0.717, 1.165) is 24.3 Å². The number of anilines is 1. The van der Waals surface area contributed by atoms with Gasteiger partial charge in [0.2, 0.25) is 0 Å². The molecule has 3 heteroatoms. The molecule has 0 aromatic heterocycles. The Morgan fingerprint density at radius 2 is 1.75 bits per heavy atom. The number of benzene rings is 2. The fourth-order valence-corrected chi connectivity index (χ4v) is 1.76. The minimum atomic E-state index is -0.115. The van der Waals surface area contributed by atoms with E-state index in [9.17, 15) is 4.79 Å². The molecule has 0 fully saturated rings. The van der Waals surface area contributed by atoms with Crippen LogP contribution in [-0.4, -0.2) is 12.5 Å². The molecule has 0 radical (unpaired) electrons. The highest BCUT2D eigenvalue weighted by Gasteiger charge is 2.05. The second-order valence-electron chi connectivity index (χ2n) is 4.55. The molecule has 1 amide bonds. The van der Waals surface area contributed by atoms with Crippen molar-refractivity contribution in [2.45, 2.75) is 19.8 Å². The summed E-state index contributed by atoms with van der Waals surface area (Å²) in [6, 6.07) is 16.6. The van der Waals surface area contributed by atoms with Crippen molar-refractivity contribution in [1.29, 1.82) is 0 Å². The van der Waals surface area contributed by atoms with Crippen molar-refractivity contribution in [2.24, 2.45) is 0 Å². The molecule has 0 heterocycles. The van der Waals surface area contributed by atoms with Crippen LogP contribution in [0.2, 0.25) is 0 Å². The van der Waals surface area contributed by atoms with E-state index in [4.69, 9.17) is 4.74 Å². The number of ether oxygens (including phenoxy) is 1. The van der Waals surface area contributed by atoms with E-state index in [1.54, 1.807) is 12.1 Å². The summed E-state index contributed by atoms with van der Waals surface area (Å²) < 4.78 is 5.57. The lowest BCUT2D eigenvalue weighted by molar-refractivity contribution is 0.102. The normalized spacial score (nSPS) is 10.1. The van der Waals surface area contributed by atoms with Gasteiger partial charge in [0.1, 0.15) is 5.75 Å². The lowest BCUT2D eigenvalue weighted by Gasteiger charge is -2.07. The van der Waals surface area contributed by atoms with Crippen LogP contribution in [-0.2, 0) is 0 Å². The van der Waals surface area contributed by atoms with E-state index >= 15 is 0 Å². The van der Waals surface area contributed by atoms with Gasteiger partial charge in [-0.15, -0.1) is 0 Å². The summed E-state index contributed by atoms with van der Waals surface area (Å²) in [6.07, 6.45) is 2.15. The second-order valence-corrected chi connectivity index (χ2v) is 4.55. The van der Waals surface area contributed by atoms with Crippen LogP contribution in [0.1, 0.15) is 30.1 Å². The summed E-state index contributed by atoms with van der Waals surface area (Å²) in [5.41, 5.74) is 1.41. The summed E-state index contributed by atoms with van der Waals surface area (Å²) in [7, 11) is 0. The average Bonchev–Trinajstić information content (AvgIpc) is 2.49. The first-order chi connectivity index (χ1) is 9.79. The standard InChI is InChI=1S/C17H19NO2/c1-2-3-13-20-16-11-9-14(10-12-16)17(19)18-15-7-5-4-6-8-15/h4-12H,2-3,13H2,1H3,(H,18,19). The van der Waals surface area contributed by atoms with Crippen molar-refractivity contribution in [3.8, 4) is 5.75 Å². The van der Waals surface area contributed by atoms with Gasteiger partial charge in [-0.3, -0.25) is 4.79 Å². The Labute approximate surface area is 119 Å². The minimum Gasteiger partial charge on any atom is -0.494 e. The van der Waals surface area contributed by atoms with E-state index in [2.05, 4.69) is 12.2 Å². The first-order valence-electron chi connectivity index (χ1n) is 6.89. The zero-order valence-electron chi connectivity index (χ0n) is 11.6. The molecule has 0 unspecified atom stereocenters. The van der Waals surface area contributed by atoms with E-state index in [1.165, 1.54) is 0 Å². The van der Waals surface area contributed by atoms with Crippen LogP contribution in [0.5, 0.6) is 5.75 Å². The Hall–Kier alpha value is -2.29. The third kappa shape index (κ3) is 4.12. The van der Waals surface area contributed by atoms with Crippen molar-refractivity contribution in [3.05, 3.63) is 60.2 Å². The lowest BCUT2D eigenvalue weighted by Crippen LogP contribution is -2.11. The van der Waals surface area contributed by atoms with Gasteiger partial charge in [0.15, 0.2) is 0 Å². The summed E-state index contributed by atoms with van der Waals surface area (Å²) in [6.45, 7) is 2.84. The molecule has 3 nitrogen and oxygen atoms in total. The molecular weight excluding hydrogens is 250 g/mol. The van der Waals surface area contributed by atoms with E-state index in [1.807, 2.05) is 42.5 Å². The Kier molecular flexibility index (Phi) is 5.18. The number of hydrogen-bond acceptors (Lipinski definition) is 2. The SMILES string of the molecule is CCCCOc1ccc(C(=O)Nc2ccccc2)cc1. The number of carbonyl (C=O) groups is 1. The molecule has 2 aromatic carbocycles. The van der Waals surface area contributed by atoms with Crippen molar-refractivity contribution in [2.75, 3.05) is 11.9 Å². The van der Waals surface area contributed by atoms with E-state index in [-0.39, 0.29) is 5.91 Å². The van der Waals surface area contributed by atoms with Gasteiger partial charge in [-0.05, 0) is 42.8 Å². The van der Waals surface area contributed by atoms with Crippen LogP contribution in [0, 0.1) is 0 Å². The fraction of sp³-hybridized carbons (Fsp3) is 0.235. The maximum atomic E-state index is 12.0. The molecule has 104 valence electrons. The number of carbonyl (C=O) groups excluding carboxylic acids is 1. The van der Waals surface area contributed by atoms with Gasteiger partial charge >= 0.3 is 0 Å². The maximum absolute atomic E-state index is 12.0. The molecule has 0 saturated heterocycles. The molecule has 0 spiro atoms. The molecule has 0 aliphatic heterocycles. The van der Waals surface area contributed by atoms with Gasteiger partial charge < -0.3 is 10.1 Å². The largest absolute Gasteiger partial charge is 0.494 e. The van der Waals surface area contributed by atoms with Gasteiger partial charge in [-0.2, -0.15) is 0 Å². The maximum Gasteiger partial charge on any atom is 0.255 e. The first kappa shape index (κ1) is 14.1. The predicted molar refractivity (Wildman–Crippen MR) is 81.2 cm³/mol. The zero-order chi connectivity index (χ0) is 14.2. The van der Waals surface area contributed by atoms with Crippen molar-refractivity contribution in [3.63, 3.8) is 0 Å². The monoisotopic (exact) mass is 269 g/mol. The van der Waals surface area contributed by atoms with Gasteiger partial charge in [-0.1, -0.05) is 31.5 Å². The second kappa shape index (κ2) is 7.34. The molecule has 2 rings (SSSR count). The molecule has 0 atom stereocenters. The Balaban J connectivity index is 1.94. The van der Waals surface area contributed by atoms with Crippen LogP contribution >= 0.6 is 0 Å². The molecule has 0 aliphatic carbocycles. The molecule has 0 saturated carbocycles. The van der Waals surface area contributed by atoms with Crippen molar-refractivity contribution >= 4 is 11.6 Å². The highest BCUT2D eigenvalue weighted by molar-refractivity contribution is 6.04. The summed E-state index contributed by atoms with van der Waals surface area (Å²) in [5, 5.41) is 2.85. The van der Waals surface area contributed by atoms with Crippen LogP contribution in [0.15, 0.2) is 54.6 Å². The quantitative estimate of drug-likeness (QED) is 0.801. The third-order valence-electron chi connectivity index (χ3n) is 2.91. The topological polar surface area (TPSA) is 38.3 Å². The lowest BCUT2D eigenvalue weighted by atomic mass is 10.2. The number of hydrogen-bond donors (Lipinski definition) is 1. The summed E-state index contributed by atoms with van der Waals surface area (Å²) in [5.74, 6) is 0.686. The number of rotatable bonds is 6. The Morgan fingerprint density at radius 1 is 1.05 bits per heavy atom. The Morgan fingerprint density at radius 3 is 2.40 bits per heavy atom. The molecule has 20 heavy (non-hydrogen) atoms. The number of nitrogens with one attached hydrogen (secondary N) is 1. The number of para-hydroxylation sites is 1. The highest BCUT2D eigenvalue weighted by atomic mass is 16.5. The van der Waals surface area contributed by atoms with E-state index < -0.39 is 0 Å². The van der Waals surface area contributed by atoms with Crippen LogP contribution in [0.4, 0.5) is 5.69 Å². The molecule has 0 aliphatic rings. The third-order valence-corrected chi connectivity index (χ3v) is 2.91. The molecule has 1 N–H and O–H groups in total. The van der Waals surface area contributed by atoms with Gasteiger partial charge in [0.05, 0.1) is 6.61 Å². The molecule has 0 bridgehead atoms. The Bertz CT molecular complexity index is 535. The van der Waals surface area contributed by atoms with Gasteiger partial charge in [-0.25, -0.2) is 0 Å². The fourth-order valence-electron chi connectivity index (χ4n) is 1.76. The number of amides is 1. The zero-order valence-corrected chi connectivity index (χ0v) is 11.6. The van der Waals surface area contributed by atoms with Crippen LogP contribution < -0.4 is 10.1 Å². The number of unbranched alkanes of at least 4 members (excludes halogenated alkanes) is 1. The van der Waals surface area contributed by atoms with Crippen molar-refractivity contribution < 1.29 is 9.53 Å². The summed E-state index contributed by atoms with van der Waals surface area (Å²) >= 11 is 0. The summed E-state index contributed by atoms with van der Waals surface area (Å²) in [4.78, 5) is 12.0.